The van der Waals surface area contributed by atoms with Gasteiger partial charge in [-0.1, -0.05) is 15.9 Å². The van der Waals surface area contributed by atoms with Crippen molar-refractivity contribution < 1.29 is 13.2 Å². The number of rotatable bonds is 2. The maximum atomic E-state index is 12.3. The second kappa shape index (κ2) is 5.50. The first-order valence-electron chi connectivity index (χ1n) is 4.96. The Bertz CT molecular complexity index is 539. The molecule has 0 fully saturated rings. The van der Waals surface area contributed by atoms with Gasteiger partial charge in [-0.25, -0.2) is 0 Å². The van der Waals surface area contributed by atoms with Gasteiger partial charge in [-0.15, -0.1) is 12.4 Å². The lowest BCUT2D eigenvalue weighted by molar-refractivity contribution is -0.138. The highest BCUT2D eigenvalue weighted by Crippen LogP contribution is 2.32. The second-order valence-corrected chi connectivity index (χ2v) is 4.78. The summed E-state index contributed by atoms with van der Waals surface area (Å²) in [6, 6.07) is 4.33. The SMILES string of the molecule is Cl.N[C@@H](CC(F)(F)F)c1c[nH]c2ccc(Br)cc12. The molecule has 2 nitrogen and oxygen atoms in total. The molecule has 0 spiro atoms. The summed E-state index contributed by atoms with van der Waals surface area (Å²) in [5, 5.41) is 0.719. The smallest absolute Gasteiger partial charge is 0.361 e. The van der Waals surface area contributed by atoms with Gasteiger partial charge in [-0.05, 0) is 23.8 Å². The van der Waals surface area contributed by atoms with Gasteiger partial charge in [0, 0.05) is 27.6 Å². The number of H-pyrrole nitrogens is 1. The van der Waals surface area contributed by atoms with Crippen molar-refractivity contribution in [1.29, 1.82) is 0 Å². The van der Waals surface area contributed by atoms with Gasteiger partial charge in [-0.3, -0.25) is 0 Å². The Morgan fingerprint density at radius 1 is 1.33 bits per heavy atom. The molecule has 2 aromatic rings. The predicted molar refractivity (Wildman–Crippen MR) is 70.8 cm³/mol. The standard InChI is InChI=1S/C11H10BrF3N2.ClH/c12-6-1-2-10-7(3-6)8(5-17-10)9(16)4-11(13,14)15;/h1-3,5,9,17H,4,16H2;1H/t9-;/m0./s1. The van der Waals surface area contributed by atoms with Crippen LogP contribution in [0.25, 0.3) is 10.9 Å². The molecule has 0 radical (unpaired) electrons. The van der Waals surface area contributed by atoms with Crippen LogP contribution in [0.4, 0.5) is 13.2 Å². The summed E-state index contributed by atoms with van der Waals surface area (Å²) in [5.41, 5.74) is 6.85. The number of nitrogens with one attached hydrogen (secondary N) is 1. The van der Waals surface area contributed by atoms with E-state index in [9.17, 15) is 13.2 Å². The first-order chi connectivity index (χ1) is 7.87. The minimum absolute atomic E-state index is 0. The van der Waals surface area contributed by atoms with Crippen LogP contribution in [-0.2, 0) is 0 Å². The maximum Gasteiger partial charge on any atom is 0.390 e. The van der Waals surface area contributed by atoms with E-state index in [0.29, 0.717) is 5.56 Å². The van der Waals surface area contributed by atoms with E-state index in [0.717, 1.165) is 15.4 Å². The molecule has 0 saturated heterocycles. The largest absolute Gasteiger partial charge is 0.390 e. The average Bonchev–Trinajstić information content (AvgIpc) is 2.57. The van der Waals surface area contributed by atoms with Gasteiger partial charge in [0.2, 0.25) is 0 Å². The van der Waals surface area contributed by atoms with Crippen LogP contribution < -0.4 is 5.73 Å². The molecule has 1 aromatic heterocycles. The molecule has 0 aliphatic heterocycles. The van der Waals surface area contributed by atoms with E-state index >= 15 is 0 Å². The van der Waals surface area contributed by atoms with Crippen molar-refractivity contribution in [2.24, 2.45) is 5.73 Å². The van der Waals surface area contributed by atoms with Crippen LogP contribution in [0.1, 0.15) is 18.0 Å². The van der Waals surface area contributed by atoms with Gasteiger partial charge < -0.3 is 10.7 Å². The van der Waals surface area contributed by atoms with Crippen LogP contribution >= 0.6 is 28.3 Å². The molecule has 0 unspecified atom stereocenters. The van der Waals surface area contributed by atoms with Crippen molar-refractivity contribution in [2.75, 3.05) is 0 Å². The van der Waals surface area contributed by atoms with Gasteiger partial charge >= 0.3 is 6.18 Å². The highest BCUT2D eigenvalue weighted by atomic mass is 79.9. The summed E-state index contributed by atoms with van der Waals surface area (Å²) in [5.74, 6) is 0. The number of hydrogen-bond donors (Lipinski definition) is 2. The molecular weight excluding hydrogens is 332 g/mol. The monoisotopic (exact) mass is 342 g/mol. The Kier molecular flexibility index (Phi) is 4.69. The van der Waals surface area contributed by atoms with E-state index in [-0.39, 0.29) is 12.4 Å². The lowest BCUT2D eigenvalue weighted by Gasteiger charge is -2.13. The molecule has 100 valence electrons. The molecular formula is C11H11BrClF3N2. The molecule has 0 bridgehead atoms. The van der Waals surface area contributed by atoms with Crippen LogP contribution in [0.5, 0.6) is 0 Å². The molecule has 0 amide bonds. The molecule has 1 aromatic carbocycles. The highest BCUT2D eigenvalue weighted by molar-refractivity contribution is 9.10. The summed E-state index contributed by atoms with van der Waals surface area (Å²) < 4.78 is 37.6. The Morgan fingerprint density at radius 3 is 2.61 bits per heavy atom. The molecule has 1 heterocycles. The fraction of sp³-hybridized carbons (Fsp3) is 0.273. The first kappa shape index (κ1) is 15.3. The number of hydrogen-bond acceptors (Lipinski definition) is 1. The van der Waals surface area contributed by atoms with Crippen molar-refractivity contribution in [3.8, 4) is 0 Å². The maximum absolute atomic E-state index is 12.3. The Hall–Kier alpha value is -0.720. The molecule has 0 saturated carbocycles. The molecule has 0 aliphatic rings. The van der Waals surface area contributed by atoms with Crippen LogP contribution in [0, 0.1) is 0 Å². The lowest BCUT2D eigenvalue weighted by atomic mass is 10.0. The fourth-order valence-corrected chi connectivity index (χ4v) is 2.14. The number of nitrogens with two attached hydrogens (primary N) is 1. The third-order valence-corrected chi connectivity index (χ3v) is 3.02. The Labute approximate surface area is 116 Å². The van der Waals surface area contributed by atoms with Crippen LogP contribution in [0.2, 0.25) is 0 Å². The van der Waals surface area contributed by atoms with Gasteiger partial charge in [-0.2, -0.15) is 13.2 Å². The van der Waals surface area contributed by atoms with E-state index in [1.54, 1.807) is 12.1 Å². The van der Waals surface area contributed by atoms with E-state index in [2.05, 4.69) is 20.9 Å². The molecule has 18 heavy (non-hydrogen) atoms. The quantitative estimate of drug-likeness (QED) is 0.838. The van der Waals surface area contributed by atoms with Gasteiger partial charge in [0.05, 0.1) is 6.42 Å². The average molecular weight is 344 g/mol. The normalized spacial score (nSPS) is 13.4. The first-order valence-corrected chi connectivity index (χ1v) is 5.75. The topological polar surface area (TPSA) is 41.8 Å². The van der Waals surface area contributed by atoms with E-state index in [4.69, 9.17) is 5.73 Å². The van der Waals surface area contributed by atoms with Crippen molar-refractivity contribution in [1.82, 2.24) is 4.98 Å². The zero-order valence-corrected chi connectivity index (χ0v) is 11.5. The van der Waals surface area contributed by atoms with Gasteiger partial charge in [0.1, 0.15) is 0 Å². The highest BCUT2D eigenvalue weighted by Gasteiger charge is 2.31. The van der Waals surface area contributed by atoms with Gasteiger partial charge in [0.25, 0.3) is 0 Å². The van der Waals surface area contributed by atoms with Crippen LogP contribution in [-0.4, -0.2) is 11.2 Å². The summed E-state index contributed by atoms with van der Waals surface area (Å²) in [6.07, 6.45) is -3.74. The summed E-state index contributed by atoms with van der Waals surface area (Å²) in [7, 11) is 0. The lowest BCUT2D eigenvalue weighted by Crippen LogP contribution is -2.19. The third kappa shape index (κ3) is 3.40. The van der Waals surface area contributed by atoms with E-state index < -0.39 is 18.6 Å². The van der Waals surface area contributed by atoms with Crippen molar-refractivity contribution in [3.63, 3.8) is 0 Å². The zero-order valence-electron chi connectivity index (χ0n) is 9.09. The van der Waals surface area contributed by atoms with E-state index in [1.807, 2.05) is 6.07 Å². The second-order valence-electron chi connectivity index (χ2n) is 3.86. The number of benzene rings is 1. The number of aromatic nitrogens is 1. The van der Waals surface area contributed by atoms with Crippen molar-refractivity contribution >= 4 is 39.2 Å². The molecule has 0 aliphatic carbocycles. The predicted octanol–water partition coefficient (Wildman–Crippen LogP) is 4.30. The minimum atomic E-state index is -4.25. The van der Waals surface area contributed by atoms with Crippen LogP contribution in [0.15, 0.2) is 28.9 Å². The molecule has 2 rings (SSSR count). The zero-order chi connectivity index (χ0) is 12.6. The summed E-state index contributed by atoms with van der Waals surface area (Å²) in [4.78, 5) is 2.91. The summed E-state index contributed by atoms with van der Waals surface area (Å²) in [6.45, 7) is 0. The molecule has 1 atom stereocenters. The van der Waals surface area contributed by atoms with Gasteiger partial charge in [0.15, 0.2) is 0 Å². The Morgan fingerprint density at radius 2 is 2.00 bits per heavy atom. The molecule has 7 heteroatoms. The number of alkyl halides is 3. The number of aromatic amines is 1. The van der Waals surface area contributed by atoms with E-state index in [1.165, 1.54) is 6.20 Å². The Balaban J connectivity index is 0.00000162. The van der Waals surface area contributed by atoms with Crippen molar-refractivity contribution in [3.05, 3.63) is 34.4 Å². The third-order valence-electron chi connectivity index (χ3n) is 2.53. The van der Waals surface area contributed by atoms with Crippen molar-refractivity contribution in [2.45, 2.75) is 18.6 Å². The summed E-state index contributed by atoms with van der Waals surface area (Å²) >= 11 is 3.28. The number of fused-ring (bicyclic) bond motifs is 1. The number of halogens is 5. The van der Waals surface area contributed by atoms with Crippen LogP contribution in [0.3, 0.4) is 0 Å². The fourth-order valence-electron chi connectivity index (χ4n) is 1.78. The minimum Gasteiger partial charge on any atom is -0.361 e. The molecule has 3 N–H and O–H groups in total.